The highest BCUT2D eigenvalue weighted by molar-refractivity contribution is 5.94. The van der Waals surface area contributed by atoms with Crippen molar-refractivity contribution in [3.8, 4) is 0 Å². The quantitative estimate of drug-likeness (QED) is 0.360. The third-order valence-corrected chi connectivity index (χ3v) is 4.30. The highest BCUT2D eigenvalue weighted by Gasteiger charge is 2.13. The van der Waals surface area contributed by atoms with Gasteiger partial charge >= 0.3 is 0 Å². The van der Waals surface area contributed by atoms with E-state index in [1.54, 1.807) is 0 Å². The molecule has 0 bridgehead atoms. The number of amides is 1. The van der Waals surface area contributed by atoms with Crippen molar-refractivity contribution in [1.29, 1.82) is 0 Å². The average Bonchev–Trinajstić information content (AvgIpc) is 2.67. The Balaban J connectivity index is 1.64. The third-order valence-electron chi connectivity index (χ3n) is 4.30. The minimum atomic E-state index is -0.131. The van der Waals surface area contributed by atoms with Gasteiger partial charge in [0, 0.05) is 25.4 Å². The second-order valence-corrected chi connectivity index (χ2v) is 6.52. The van der Waals surface area contributed by atoms with Crippen LogP contribution in [0.5, 0.6) is 0 Å². The first kappa shape index (κ1) is 20.2. The van der Waals surface area contributed by atoms with E-state index in [1.807, 2.05) is 37.3 Å². The normalized spacial score (nSPS) is 15.5. The van der Waals surface area contributed by atoms with Crippen LogP contribution < -0.4 is 16.0 Å². The highest BCUT2D eigenvalue weighted by Crippen LogP contribution is 2.20. The van der Waals surface area contributed by atoms with E-state index >= 15 is 0 Å². The molecule has 0 unspecified atom stereocenters. The number of aliphatic imine (C=N–C) groups is 1. The van der Waals surface area contributed by atoms with Crippen molar-refractivity contribution in [2.45, 2.75) is 51.6 Å². The molecule has 1 fully saturated rings. The van der Waals surface area contributed by atoms with E-state index in [1.165, 1.54) is 32.1 Å². The maximum atomic E-state index is 12.0. The minimum absolute atomic E-state index is 0.0861. The van der Waals surface area contributed by atoms with Gasteiger partial charge in [-0.2, -0.15) is 0 Å². The van der Waals surface area contributed by atoms with Crippen LogP contribution in [0.4, 0.5) is 5.69 Å². The molecule has 1 saturated carbocycles. The van der Waals surface area contributed by atoms with Gasteiger partial charge in [-0.05, 0) is 38.3 Å². The molecule has 6 nitrogen and oxygen atoms in total. The van der Waals surface area contributed by atoms with Crippen molar-refractivity contribution >= 4 is 17.6 Å². The summed E-state index contributed by atoms with van der Waals surface area (Å²) in [4.78, 5) is 16.3. The summed E-state index contributed by atoms with van der Waals surface area (Å²) in [6, 6.07) is 9.41. The molecule has 1 aromatic carbocycles. The fourth-order valence-corrected chi connectivity index (χ4v) is 2.98. The Morgan fingerprint density at radius 2 is 1.92 bits per heavy atom. The lowest BCUT2D eigenvalue weighted by atomic mass is 9.98. The molecule has 0 spiro atoms. The SMILES string of the molecule is CCNC(=NCC(=O)Nc1ccccc1)NCCCOC1CCCCC1. The predicted octanol–water partition coefficient (Wildman–Crippen LogP) is 2.92. The van der Waals surface area contributed by atoms with Gasteiger partial charge in [0.25, 0.3) is 0 Å². The first-order valence-electron chi connectivity index (χ1n) is 9.76. The molecule has 26 heavy (non-hydrogen) atoms. The number of ether oxygens (including phenoxy) is 1. The van der Waals surface area contributed by atoms with Crippen molar-refractivity contribution < 1.29 is 9.53 Å². The van der Waals surface area contributed by atoms with Crippen molar-refractivity contribution in [3.05, 3.63) is 30.3 Å². The lowest BCUT2D eigenvalue weighted by molar-refractivity contribution is -0.114. The van der Waals surface area contributed by atoms with Gasteiger partial charge in [-0.15, -0.1) is 0 Å². The zero-order valence-corrected chi connectivity index (χ0v) is 15.8. The largest absolute Gasteiger partial charge is 0.378 e. The van der Waals surface area contributed by atoms with Crippen molar-refractivity contribution in [2.75, 3.05) is 31.6 Å². The summed E-state index contributed by atoms with van der Waals surface area (Å²) in [6.07, 6.45) is 7.73. The van der Waals surface area contributed by atoms with Crippen LogP contribution in [0.1, 0.15) is 45.4 Å². The van der Waals surface area contributed by atoms with Crippen molar-refractivity contribution in [3.63, 3.8) is 0 Å². The number of guanidine groups is 1. The van der Waals surface area contributed by atoms with Crippen LogP contribution >= 0.6 is 0 Å². The third kappa shape index (κ3) is 8.34. The van der Waals surface area contributed by atoms with E-state index in [2.05, 4.69) is 20.9 Å². The summed E-state index contributed by atoms with van der Waals surface area (Å²) in [5.41, 5.74) is 0.783. The monoisotopic (exact) mass is 360 g/mol. The van der Waals surface area contributed by atoms with Gasteiger partial charge in [0.15, 0.2) is 5.96 Å². The van der Waals surface area contributed by atoms with Gasteiger partial charge in [0.05, 0.1) is 6.10 Å². The topological polar surface area (TPSA) is 74.8 Å². The molecule has 1 amide bonds. The Morgan fingerprint density at radius 3 is 2.65 bits per heavy atom. The van der Waals surface area contributed by atoms with Crippen LogP contribution in [0, 0.1) is 0 Å². The number of anilines is 1. The van der Waals surface area contributed by atoms with Crippen molar-refractivity contribution in [1.82, 2.24) is 10.6 Å². The zero-order chi connectivity index (χ0) is 18.5. The molecule has 0 heterocycles. The number of hydrogen-bond donors (Lipinski definition) is 3. The Bertz CT molecular complexity index is 542. The molecule has 1 aromatic rings. The molecular weight excluding hydrogens is 328 g/mol. The molecule has 2 rings (SSSR count). The van der Waals surface area contributed by atoms with Crippen LogP contribution in [0.15, 0.2) is 35.3 Å². The minimum Gasteiger partial charge on any atom is -0.378 e. The smallest absolute Gasteiger partial charge is 0.246 e. The fourth-order valence-electron chi connectivity index (χ4n) is 2.98. The predicted molar refractivity (Wildman–Crippen MR) is 106 cm³/mol. The second kappa shape index (κ2) is 12.3. The zero-order valence-electron chi connectivity index (χ0n) is 15.8. The Labute approximate surface area is 156 Å². The maximum absolute atomic E-state index is 12.0. The van der Waals surface area contributed by atoms with E-state index in [0.29, 0.717) is 12.1 Å². The molecule has 3 N–H and O–H groups in total. The number of carbonyl (C=O) groups excluding carboxylic acids is 1. The lowest BCUT2D eigenvalue weighted by Gasteiger charge is -2.22. The van der Waals surface area contributed by atoms with Crippen molar-refractivity contribution in [2.24, 2.45) is 4.99 Å². The molecule has 6 heteroatoms. The van der Waals surface area contributed by atoms with Crippen LogP contribution in [0.2, 0.25) is 0 Å². The van der Waals surface area contributed by atoms with Gasteiger partial charge in [-0.25, -0.2) is 4.99 Å². The van der Waals surface area contributed by atoms with E-state index in [4.69, 9.17) is 4.74 Å². The molecule has 0 radical (unpaired) electrons. The fraction of sp³-hybridized carbons (Fsp3) is 0.600. The first-order valence-corrected chi connectivity index (χ1v) is 9.76. The number of hydrogen-bond acceptors (Lipinski definition) is 3. The number of rotatable bonds is 9. The molecule has 1 aliphatic rings. The summed E-state index contributed by atoms with van der Waals surface area (Å²) >= 11 is 0. The van der Waals surface area contributed by atoms with Gasteiger partial charge in [-0.1, -0.05) is 37.5 Å². The lowest BCUT2D eigenvalue weighted by Crippen LogP contribution is -2.38. The van der Waals surface area contributed by atoms with Gasteiger partial charge in [-0.3, -0.25) is 4.79 Å². The van der Waals surface area contributed by atoms with Gasteiger partial charge < -0.3 is 20.7 Å². The van der Waals surface area contributed by atoms with Crippen LogP contribution in [0.25, 0.3) is 0 Å². The number of carbonyl (C=O) groups is 1. The van der Waals surface area contributed by atoms with Crippen LogP contribution in [-0.2, 0) is 9.53 Å². The first-order chi connectivity index (χ1) is 12.8. The number of nitrogens with one attached hydrogen (secondary N) is 3. The summed E-state index contributed by atoms with van der Waals surface area (Å²) in [5, 5.41) is 9.25. The number of nitrogens with zero attached hydrogens (tertiary/aromatic N) is 1. The summed E-state index contributed by atoms with van der Waals surface area (Å²) in [6.45, 7) is 4.39. The molecule has 0 aromatic heterocycles. The molecule has 0 saturated heterocycles. The maximum Gasteiger partial charge on any atom is 0.246 e. The summed E-state index contributed by atoms with van der Waals surface area (Å²) in [5.74, 6) is 0.530. The highest BCUT2D eigenvalue weighted by atomic mass is 16.5. The second-order valence-electron chi connectivity index (χ2n) is 6.52. The molecule has 144 valence electrons. The van der Waals surface area contributed by atoms with E-state index in [9.17, 15) is 4.79 Å². The Kier molecular flexibility index (Phi) is 9.57. The van der Waals surface area contributed by atoms with Gasteiger partial charge in [0.1, 0.15) is 6.54 Å². The average molecular weight is 361 g/mol. The molecule has 1 aliphatic carbocycles. The molecule has 0 aliphatic heterocycles. The van der Waals surface area contributed by atoms with E-state index in [0.717, 1.165) is 31.8 Å². The number of benzene rings is 1. The van der Waals surface area contributed by atoms with E-state index in [-0.39, 0.29) is 12.5 Å². The Hall–Kier alpha value is -2.08. The van der Waals surface area contributed by atoms with E-state index < -0.39 is 0 Å². The molecule has 0 atom stereocenters. The summed E-state index contributed by atoms with van der Waals surface area (Å²) < 4.78 is 5.92. The van der Waals surface area contributed by atoms with Gasteiger partial charge in [0.2, 0.25) is 5.91 Å². The van der Waals surface area contributed by atoms with Crippen LogP contribution in [-0.4, -0.2) is 44.2 Å². The number of para-hydroxylation sites is 1. The summed E-state index contributed by atoms with van der Waals surface area (Å²) in [7, 11) is 0. The molecular formula is C20H32N4O2. The standard InChI is InChI=1S/C20H32N4O2/c1-2-21-20(22-14-9-15-26-18-12-7-4-8-13-18)23-16-19(25)24-17-10-5-3-6-11-17/h3,5-6,10-11,18H,2,4,7-9,12-16H2,1H3,(H,24,25)(H2,21,22,23). The van der Waals surface area contributed by atoms with Crippen LogP contribution in [0.3, 0.4) is 0 Å². The Morgan fingerprint density at radius 1 is 1.15 bits per heavy atom.